The van der Waals surface area contributed by atoms with Crippen molar-refractivity contribution >= 4 is 40.7 Å². The summed E-state index contributed by atoms with van der Waals surface area (Å²) in [5.74, 6) is -0.440. The molecule has 1 aromatic heterocycles. The molecule has 3 atom stereocenters. The van der Waals surface area contributed by atoms with Crippen LogP contribution in [-0.4, -0.2) is 47.3 Å². The molecule has 4 rings (SSSR count). The van der Waals surface area contributed by atoms with E-state index in [4.69, 9.17) is 11.6 Å². The molecule has 6 nitrogen and oxygen atoms in total. The molecule has 3 amide bonds. The third-order valence-electron chi connectivity index (χ3n) is 4.93. The Balaban J connectivity index is 1.43. The summed E-state index contributed by atoms with van der Waals surface area (Å²) in [6.07, 6.45) is 0.847. The second-order valence-corrected chi connectivity index (χ2v) is 8.17. The first kappa shape index (κ1) is 18.0. The van der Waals surface area contributed by atoms with Gasteiger partial charge in [-0.3, -0.25) is 14.4 Å². The van der Waals surface area contributed by atoms with Gasteiger partial charge in [0.15, 0.2) is 0 Å². The van der Waals surface area contributed by atoms with Crippen molar-refractivity contribution < 1.29 is 14.4 Å². The average Bonchev–Trinajstić information content (AvgIpc) is 3.31. The lowest BCUT2D eigenvalue weighted by Gasteiger charge is -2.34. The van der Waals surface area contributed by atoms with Gasteiger partial charge in [-0.2, -0.15) is 0 Å². The molecule has 3 heterocycles. The minimum absolute atomic E-state index is 0.109. The van der Waals surface area contributed by atoms with Crippen LogP contribution < -0.4 is 10.6 Å². The van der Waals surface area contributed by atoms with Crippen LogP contribution in [-0.2, 0) is 16.0 Å². The zero-order valence-electron chi connectivity index (χ0n) is 14.4. The summed E-state index contributed by atoms with van der Waals surface area (Å²) in [6, 6.07) is 9.45. The van der Waals surface area contributed by atoms with Crippen molar-refractivity contribution in [3.05, 3.63) is 57.2 Å². The van der Waals surface area contributed by atoms with Crippen LogP contribution in [0.5, 0.6) is 0 Å². The molecule has 2 aliphatic rings. The molecular weight excluding hydrogens is 386 g/mol. The van der Waals surface area contributed by atoms with Crippen molar-refractivity contribution in [1.29, 1.82) is 0 Å². The van der Waals surface area contributed by atoms with Crippen molar-refractivity contribution in [2.24, 2.45) is 0 Å². The highest BCUT2D eigenvalue weighted by Crippen LogP contribution is 2.24. The van der Waals surface area contributed by atoms with E-state index in [0.29, 0.717) is 29.3 Å². The molecule has 2 N–H and O–H groups in total. The van der Waals surface area contributed by atoms with Crippen LogP contribution in [0.1, 0.15) is 21.7 Å². The summed E-state index contributed by atoms with van der Waals surface area (Å²) in [5, 5.41) is 8.23. The molecule has 2 aromatic rings. The third-order valence-corrected chi connectivity index (χ3v) is 6.06. The van der Waals surface area contributed by atoms with E-state index in [-0.39, 0.29) is 23.8 Å². The largest absolute Gasteiger partial charge is 0.347 e. The summed E-state index contributed by atoms with van der Waals surface area (Å²) < 4.78 is 0. The lowest BCUT2D eigenvalue weighted by Crippen LogP contribution is -2.61. The molecule has 140 valence electrons. The number of nitrogens with one attached hydrogen (secondary N) is 2. The molecule has 1 aromatic carbocycles. The van der Waals surface area contributed by atoms with E-state index in [1.54, 1.807) is 23.1 Å². The maximum absolute atomic E-state index is 12.9. The van der Waals surface area contributed by atoms with Crippen LogP contribution in [0.3, 0.4) is 0 Å². The number of piperazine rings is 1. The summed E-state index contributed by atoms with van der Waals surface area (Å²) in [6.45, 7) is 0.352. The highest BCUT2D eigenvalue weighted by molar-refractivity contribution is 7.12. The Morgan fingerprint density at radius 3 is 2.74 bits per heavy atom. The highest BCUT2D eigenvalue weighted by Gasteiger charge is 2.46. The lowest BCUT2D eigenvalue weighted by molar-refractivity contribution is -0.147. The number of carbonyl (C=O) groups excluding carboxylic acids is 3. The van der Waals surface area contributed by atoms with Crippen molar-refractivity contribution in [2.75, 3.05) is 6.54 Å². The fraction of sp³-hybridized carbons (Fsp3) is 0.316. The maximum atomic E-state index is 12.9. The van der Waals surface area contributed by atoms with E-state index in [1.807, 2.05) is 23.6 Å². The van der Waals surface area contributed by atoms with Crippen LogP contribution in [0.2, 0.25) is 5.02 Å². The second-order valence-electron chi connectivity index (χ2n) is 6.78. The van der Waals surface area contributed by atoms with E-state index in [9.17, 15) is 14.4 Å². The smallest absolute Gasteiger partial charge is 0.261 e. The first-order valence-corrected chi connectivity index (χ1v) is 9.96. The summed E-state index contributed by atoms with van der Waals surface area (Å²) >= 11 is 7.26. The Morgan fingerprint density at radius 2 is 2.04 bits per heavy atom. The molecule has 0 aliphatic carbocycles. The van der Waals surface area contributed by atoms with Gasteiger partial charge in [0.05, 0.1) is 4.88 Å². The van der Waals surface area contributed by atoms with Crippen LogP contribution >= 0.6 is 22.9 Å². The summed E-state index contributed by atoms with van der Waals surface area (Å²) in [4.78, 5) is 39.8. The number of rotatable bonds is 4. The SMILES string of the molecule is O=C(N[C@H]1C[C@H]2C(=O)N[C@@H](Cc3ccc(Cl)cc3)C(=O)N2C1)c1cccs1. The molecule has 0 radical (unpaired) electrons. The number of hydrogen-bond donors (Lipinski definition) is 2. The lowest BCUT2D eigenvalue weighted by atomic mass is 10.0. The molecule has 2 fully saturated rings. The number of halogens is 1. The predicted molar refractivity (Wildman–Crippen MR) is 103 cm³/mol. The molecule has 0 saturated carbocycles. The second kappa shape index (κ2) is 7.32. The van der Waals surface area contributed by atoms with Gasteiger partial charge in [-0.1, -0.05) is 29.8 Å². The van der Waals surface area contributed by atoms with Gasteiger partial charge in [-0.25, -0.2) is 0 Å². The number of benzene rings is 1. The van der Waals surface area contributed by atoms with Crippen molar-refractivity contribution in [2.45, 2.75) is 31.0 Å². The Labute approximate surface area is 165 Å². The molecule has 27 heavy (non-hydrogen) atoms. The molecule has 8 heteroatoms. The van der Waals surface area contributed by atoms with Gasteiger partial charge in [0, 0.05) is 24.0 Å². The summed E-state index contributed by atoms with van der Waals surface area (Å²) in [7, 11) is 0. The van der Waals surface area contributed by atoms with E-state index in [0.717, 1.165) is 5.56 Å². The van der Waals surface area contributed by atoms with Crippen LogP contribution in [0.4, 0.5) is 0 Å². The van der Waals surface area contributed by atoms with Gasteiger partial charge in [0.1, 0.15) is 12.1 Å². The van der Waals surface area contributed by atoms with Gasteiger partial charge in [-0.05, 0) is 35.6 Å². The average molecular weight is 404 g/mol. The Hall–Kier alpha value is -2.38. The first-order valence-electron chi connectivity index (χ1n) is 8.71. The van der Waals surface area contributed by atoms with Crippen molar-refractivity contribution in [3.63, 3.8) is 0 Å². The number of carbonyl (C=O) groups is 3. The number of hydrogen-bond acceptors (Lipinski definition) is 4. The number of fused-ring (bicyclic) bond motifs is 1. The van der Waals surface area contributed by atoms with Crippen LogP contribution in [0, 0.1) is 0 Å². The van der Waals surface area contributed by atoms with Crippen molar-refractivity contribution in [1.82, 2.24) is 15.5 Å². The molecule has 0 spiro atoms. The van der Waals surface area contributed by atoms with Gasteiger partial charge < -0.3 is 15.5 Å². The normalized spacial score (nSPS) is 24.5. The monoisotopic (exact) mass is 403 g/mol. The molecule has 0 bridgehead atoms. The van der Waals surface area contributed by atoms with Gasteiger partial charge in [-0.15, -0.1) is 11.3 Å². The van der Waals surface area contributed by atoms with E-state index >= 15 is 0 Å². The maximum Gasteiger partial charge on any atom is 0.261 e. The van der Waals surface area contributed by atoms with Gasteiger partial charge in [0.25, 0.3) is 5.91 Å². The Bertz CT molecular complexity index is 869. The van der Waals surface area contributed by atoms with Crippen molar-refractivity contribution in [3.8, 4) is 0 Å². The van der Waals surface area contributed by atoms with E-state index < -0.39 is 12.1 Å². The fourth-order valence-electron chi connectivity index (χ4n) is 3.62. The number of amides is 3. The topological polar surface area (TPSA) is 78.5 Å². The molecule has 2 saturated heterocycles. The van der Waals surface area contributed by atoms with Gasteiger partial charge in [0.2, 0.25) is 11.8 Å². The third kappa shape index (κ3) is 3.70. The first-order chi connectivity index (χ1) is 13.0. The van der Waals surface area contributed by atoms with Crippen LogP contribution in [0.15, 0.2) is 41.8 Å². The molecule has 0 unspecified atom stereocenters. The highest BCUT2D eigenvalue weighted by atomic mass is 35.5. The molecule has 2 aliphatic heterocycles. The van der Waals surface area contributed by atoms with Gasteiger partial charge >= 0.3 is 0 Å². The zero-order valence-corrected chi connectivity index (χ0v) is 15.9. The predicted octanol–water partition coefficient (Wildman–Crippen LogP) is 1.84. The quantitative estimate of drug-likeness (QED) is 0.817. The number of thiophene rings is 1. The Kier molecular flexibility index (Phi) is 4.88. The number of nitrogens with zero attached hydrogens (tertiary/aromatic N) is 1. The van der Waals surface area contributed by atoms with E-state index in [1.165, 1.54) is 11.3 Å². The molecular formula is C19H18ClN3O3S. The zero-order chi connectivity index (χ0) is 19.0. The Morgan fingerprint density at radius 1 is 1.26 bits per heavy atom. The summed E-state index contributed by atoms with van der Waals surface area (Å²) in [5.41, 5.74) is 0.929. The fourth-order valence-corrected chi connectivity index (χ4v) is 4.37. The van der Waals surface area contributed by atoms with E-state index in [2.05, 4.69) is 10.6 Å². The van der Waals surface area contributed by atoms with Crippen LogP contribution in [0.25, 0.3) is 0 Å². The standard InChI is InChI=1S/C19H18ClN3O3S/c20-12-5-3-11(4-6-12)8-14-19(26)23-10-13(9-15(23)17(24)22-14)21-18(25)16-2-1-7-27-16/h1-7,13-15H,8-10H2,(H,21,25)(H,22,24)/t13-,14-,15-/m0/s1. The minimum Gasteiger partial charge on any atom is -0.347 e. The minimum atomic E-state index is -0.596.